The molecule has 1 aromatic heterocycles. The van der Waals surface area contributed by atoms with Crippen molar-refractivity contribution in [3.63, 3.8) is 0 Å². The van der Waals surface area contributed by atoms with Gasteiger partial charge < -0.3 is 0 Å². The lowest BCUT2D eigenvalue weighted by atomic mass is 10.2. The zero-order valence-corrected chi connectivity index (χ0v) is 8.18. The maximum atomic E-state index is 11.2. The Morgan fingerprint density at radius 2 is 2.43 bits per heavy atom. The summed E-state index contributed by atoms with van der Waals surface area (Å²) in [6.45, 7) is 0. The number of likely N-dealkylation sites (N-methyl/N-ethyl adjacent to an activating group) is 1. The molecule has 1 aromatic rings. The Labute approximate surface area is 82.8 Å². The highest BCUT2D eigenvalue weighted by molar-refractivity contribution is 5.90. The van der Waals surface area contributed by atoms with E-state index >= 15 is 0 Å². The fraction of sp³-hybridized carbons (Fsp3) is 0.200. The van der Waals surface area contributed by atoms with E-state index in [-0.39, 0.29) is 5.91 Å². The third-order valence-corrected chi connectivity index (χ3v) is 1.69. The monoisotopic (exact) mass is 192 g/mol. The number of carbonyl (C=O) groups excluding carboxylic acids is 1. The molecule has 0 aliphatic carbocycles. The Morgan fingerprint density at radius 3 is 3.00 bits per heavy atom. The molecule has 1 heterocycles. The van der Waals surface area contributed by atoms with Gasteiger partial charge in [-0.3, -0.25) is 14.6 Å². The fourth-order valence-corrected chi connectivity index (χ4v) is 0.837. The average Bonchev–Trinajstić information content (AvgIpc) is 2.26. The van der Waals surface area contributed by atoms with Crippen LogP contribution in [0.5, 0.6) is 0 Å². The highest BCUT2D eigenvalue weighted by Gasteiger charge is 2.01. The number of aromatic nitrogens is 1. The zero-order valence-electron chi connectivity index (χ0n) is 8.18. The Morgan fingerprint density at radius 1 is 1.64 bits per heavy atom. The normalized spacial score (nSPS) is 10.4. The molecular formula is C10H12N2O2. The summed E-state index contributed by atoms with van der Waals surface area (Å²) in [7, 11) is 2.99. The Balaban J connectivity index is 2.61. The van der Waals surface area contributed by atoms with Crippen LogP contribution in [-0.2, 0) is 9.63 Å². The number of hydroxylamine groups is 2. The molecule has 0 unspecified atom stereocenters. The first-order valence-corrected chi connectivity index (χ1v) is 4.14. The summed E-state index contributed by atoms with van der Waals surface area (Å²) in [6.07, 6.45) is 6.47. The van der Waals surface area contributed by atoms with Crippen LogP contribution in [0.4, 0.5) is 0 Å². The van der Waals surface area contributed by atoms with Gasteiger partial charge in [0.05, 0.1) is 7.11 Å². The number of nitrogens with zero attached hydrogens (tertiary/aromatic N) is 2. The first kappa shape index (κ1) is 10.4. The van der Waals surface area contributed by atoms with Crippen LogP contribution in [0.25, 0.3) is 6.08 Å². The molecule has 4 nitrogen and oxygen atoms in total. The van der Waals surface area contributed by atoms with Gasteiger partial charge in [-0.15, -0.1) is 0 Å². The van der Waals surface area contributed by atoms with Crippen molar-refractivity contribution in [2.45, 2.75) is 0 Å². The van der Waals surface area contributed by atoms with Crippen LogP contribution in [0.3, 0.4) is 0 Å². The van der Waals surface area contributed by atoms with Crippen molar-refractivity contribution in [2.24, 2.45) is 0 Å². The van der Waals surface area contributed by atoms with Gasteiger partial charge in [0, 0.05) is 25.5 Å². The van der Waals surface area contributed by atoms with Gasteiger partial charge in [0.2, 0.25) is 0 Å². The Hall–Kier alpha value is -1.68. The van der Waals surface area contributed by atoms with Gasteiger partial charge in [-0.05, 0) is 17.7 Å². The molecule has 0 atom stereocenters. The first-order valence-electron chi connectivity index (χ1n) is 4.14. The minimum atomic E-state index is -0.212. The molecule has 1 rings (SSSR count). The lowest BCUT2D eigenvalue weighted by molar-refractivity contribution is -0.162. The number of hydrogen-bond donors (Lipinski definition) is 0. The standard InChI is InChI=1S/C10H12N2O2/c1-12(14-2)10(13)6-5-9-4-3-7-11-8-9/h3-8H,1-2H3. The van der Waals surface area contributed by atoms with E-state index in [0.717, 1.165) is 10.6 Å². The van der Waals surface area contributed by atoms with Crippen LogP contribution >= 0.6 is 0 Å². The maximum Gasteiger partial charge on any atom is 0.269 e. The molecule has 0 saturated heterocycles. The predicted octanol–water partition coefficient (Wildman–Crippen LogP) is 1.11. The molecular weight excluding hydrogens is 180 g/mol. The Kier molecular flexibility index (Phi) is 3.82. The molecule has 0 spiro atoms. The molecule has 0 bridgehead atoms. The van der Waals surface area contributed by atoms with E-state index in [4.69, 9.17) is 4.84 Å². The van der Waals surface area contributed by atoms with E-state index in [1.165, 1.54) is 13.2 Å². The summed E-state index contributed by atoms with van der Waals surface area (Å²) >= 11 is 0. The topological polar surface area (TPSA) is 42.4 Å². The molecule has 14 heavy (non-hydrogen) atoms. The lowest BCUT2D eigenvalue weighted by Gasteiger charge is -2.09. The summed E-state index contributed by atoms with van der Waals surface area (Å²) in [5.41, 5.74) is 0.880. The number of hydrogen-bond acceptors (Lipinski definition) is 3. The van der Waals surface area contributed by atoms with Crippen molar-refractivity contribution in [3.05, 3.63) is 36.2 Å². The lowest BCUT2D eigenvalue weighted by Crippen LogP contribution is -2.22. The summed E-state index contributed by atoms with van der Waals surface area (Å²) in [4.78, 5) is 19.9. The van der Waals surface area contributed by atoms with Crippen molar-refractivity contribution in [2.75, 3.05) is 14.2 Å². The number of amides is 1. The van der Waals surface area contributed by atoms with Gasteiger partial charge in [0.25, 0.3) is 5.91 Å². The van der Waals surface area contributed by atoms with Crippen molar-refractivity contribution >= 4 is 12.0 Å². The van der Waals surface area contributed by atoms with Gasteiger partial charge in [0.15, 0.2) is 0 Å². The quantitative estimate of drug-likeness (QED) is 0.532. The summed E-state index contributed by atoms with van der Waals surface area (Å²) in [5, 5.41) is 1.15. The third kappa shape index (κ3) is 2.99. The predicted molar refractivity (Wildman–Crippen MR) is 53.1 cm³/mol. The van der Waals surface area contributed by atoms with Gasteiger partial charge in [0.1, 0.15) is 0 Å². The summed E-state index contributed by atoms with van der Waals surface area (Å²) in [6, 6.07) is 3.67. The number of carbonyl (C=O) groups is 1. The maximum absolute atomic E-state index is 11.2. The SMILES string of the molecule is CON(C)C(=O)C=Cc1cccnc1. The van der Waals surface area contributed by atoms with E-state index in [2.05, 4.69) is 4.98 Å². The molecule has 4 heteroatoms. The molecule has 0 saturated carbocycles. The number of pyridine rings is 1. The van der Waals surface area contributed by atoms with Crippen molar-refractivity contribution < 1.29 is 9.63 Å². The highest BCUT2D eigenvalue weighted by atomic mass is 16.7. The third-order valence-electron chi connectivity index (χ3n) is 1.69. The van der Waals surface area contributed by atoms with E-state index < -0.39 is 0 Å². The van der Waals surface area contributed by atoms with Gasteiger partial charge in [-0.1, -0.05) is 6.07 Å². The van der Waals surface area contributed by atoms with Crippen LogP contribution < -0.4 is 0 Å². The van der Waals surface area contributed by atoms with Crippen molar-refractivity contribution in [3.8, 4) is 0 Å². The number of rotatable bonds is 3. The van der Waals surface area contributed by atoms with Crippen LogP contribution in [0.2, 0.25) is 0 Å². The minimum absolute atomic E-state index is 0.212. The molecule has 1 amide bonds. The molecule has 74 valence electrons. The molecule has 0 N–H and O–H groups in total. The molecule has 0 aliphatic heterocycles. The highest BCUT2D eigenvalue weighted by Crippen LogP contribution is 1.99. The minimum Gasteiger partial charge on any atom is -0.274 e. The van der Waals surface area contributed by atoms with Gasteiger partial charge in [-0.25, -0.2) is 5.06 Å². The van der Waals surface area contributed by atoms with Crippen LogP contribution in [-0.4, -0.2) is 30.1 Å². The van der Waals surface area contributed by atoms with E-state index in [0.29, 0.717) is 0 Å². The van der Waals surface area contributed by atoms with E-state index in [1.54, 1.807) is 25.5 Å². The van der Waals surface area contributed by atoms with Crippen LogP contribution in [0.15, 0.2) is 30.6 Å². The van der Waals surface area contributed by atoms with E-state index in [9.17, 15) is 4.79 Å². The summed E-state index contributed by atoms with van der Waals surface area (Å²) in [5.74, 6) is -0.212. The summed E-state index contributed by atoms with van der Waals surface area (Å²) < 4.78 is 0. The second kappa shape index (κ2) is 5.14. The molecule has 0 radical (unpaired) electrons. The molecule has 0 aliphatic rings. The smallest absolute Gasteiger partial charge is 0.269 e. The zero-order chi connectivity index (χ0) is 10.4. The van der Waals surface area contributed by atoms with Crippen molar-refractivity contribution in [1.82, 2.24) is 10.0 Å². The largest absolute Gasteiger partial charge is 0.274 e. The fourth-order valence-electron chi connectivity index (χ4n) is 0.837. The van der Waals surface area contributed by atoms with E-state index in [1.807, 2.05) is 12.1 Å². The van der Waals surface area contributed by atoms with Gasteiger partial charge in [-0.2, -0.15) is 0 Å². The van der Waals surface area contributed by atoms with Crippen molar-refractivity contribution in [1.29, 1.82) is 0 Å². The second-order valence-corrected chi connectivity index (χ2v) is 2.64. The molecule has 0 fully saturated rings. The van der Waals surface area contributed by atoms with Gasteiger partial charge >= 0.3 is 0 Å². The van der Waals surface area contributed by atoms with Crippen LogP contribution in [0, 0.1) is 0 Å². The average molecular weight is 192 g/mol. The Bertz CT molecular complexity index is 322. The first-order chi connectivity index (χ1) is 6.74. The van der Waals surface area contributed by atoms with Crippen LogP contribution in [0.1, 0.15) is 5.56 Å². The molecule has 0 aromatic carbocycles. The second-order valence-electron chi connectivity index (χ2n) is 2.64.